The van der Waals surface area contributed by atoms with Gasteiger partial charge in [-0.2, -0.15) is 0 Å². The molecule has 1 heterocycles. The van der Waals surface area contributed by atoms with Crippen LogP contribution in [-0.4, -0.2) is 10.8 Å². The fourth-order valence-electron chi connectivity index (χ4n) is 2.30. The lowest BCUT2D eigenvalue weighted by molar-refractivity contribution is -0.385. The molecule has 0 N–H and O–H groups in total. The number of nitro benzene ring substituents is 1. The van der Waals surface area contributed by atoms with E-state index in [-0.39, 0.29) is 5.69 Å². The van der Waals surface area contributed by atoms with Gasteiger partial charge in [-0.1, -0.05) is 35.5 Å². The minimum absolute atomic E-state index is 0.0358. The molecular formula is C15H13N3O3. The van der Waals surface area contributed by atoms with Crippen LogP contribution < -0.4 is 4.90 Å². The van der Waals surface area contributed by atoms with Crippen LogP contribution in [0, 0.1) is 10.1 Å². The minimum atomic E-state index is -0.493. The Labute approximate surface area is 121 Å². The first-order valence-corrected chi connectivity index (χ1v) is 6.46. The molecule has 21 heavy (non-hydrogen) atoms. The van der Waals surface area contributed by atoms with E-state index >= 15 is 0 Å². The number of amidine groups is 1. The number of non-ortho nitro benzene ring substituents is 1. The van der Waals surface area contributed by atoms with Gasteiger partial charge in [0, 0.05) is 23.4 Å². The fourth-order valence-corrected chi connectivity index (χ4v) is 2.30. The SMILES string of the molecule is CC1=NOC(c2cccc([N+](=O)[O-])c2)N1c1ccccc1. The Morgan fingerprint density at radius 3 is 2.67 bits per heavy atom. The summed E-state index contributed by atoms with van der Waals surface area (Å²) >= 11 is 0. The molecule has 1 aliphatic rings. The van der Waals surface area contributed by atoms with Gasteiger partial charge >= 0.3 is 0 Å². The zero-order valence-corrected chi connectivity index (χ0v) is 11.3. The van der Waals surface area contributed by atoms with Crippen molar-refractivity contribution in [3.63, 3.8) is 0 Å². The predicted molar refractivity (Wildman–Crippen MR) is 79.0 cm³/mol. The Morgan fingerprint density at radius 2 is 1.95 bits per heavy atom. The van der Waals surface area contributed by atoms with E-state index in [9.17, 15) is 10.1 Å². The van der Waals surface area contributed by atoms with E-state index in [1.807, 2.05) is 42.2 Å². The zero-order chi connectivity index (χ0) is 14.8. The molecule has 1 aliphatic heterocycles. The van der Waals surface area contributed by atoms with E-state index in [4.69, 9.17) is 4.84 Å². The number of rotatable bonds is 3. The van der Waals surface area contributed by atoms with E-state index in [2.05, 4.69) is 5.16 Å². The first kappa shape index (κ1) is 13.1. The summed E-state index contributed by atoms with van der Waals surface area (Å²) in [5.74, 6) is 0.706. The van der Waals surface area contributed by atoms with Crippen LogP contribution in [0.25, 0.3) is 0 Å². The molecular weight excluding hydrogens is 270 g/mol. The summed E-state index contributed by atoms with van der Waals surface area (Å²) in [6.45, 7) is 1.84. The van der Waals surface area contributed by atoms with Gasteiger partial charge in [0.15, 0.2) is 0 Å². The third kappa shape index (κ3) is 2.43. The average molecular weight is 283 g/mol. The monoisotopic (exact) mass is 283 g/mol. The summed E-state index contributed by atoms with van der Waals surface area (Å²) in [6, 6.07) is 16.1. The third-order valence-electron chi connectivity index (χ3n) is 3.27. The number of hydrogen-bond acceptors (Lipinski definition) is 5. The number of hydrogen-bond donors (Lipinski definition) is 0. The van der Waals surface area contributed by atoms with Gasteiger partial charge < -0.3 is 4.84 Å². The van der Waals surface area contributed by atoms with Crippen LogP contribution in [0.5, 0.6) is 0 Å². The highest BCUT2D eigenvalue weighted by atomic mass is 16.7. The molecule has 1 atom stereocenters. The molecule has 0 aromatic heterocycles. The molecule has 2 aromatic carbocycles. The Bertz CT molecular complexity index is 700. The molecule has 106 valence electrons. The molecule has 0 amide bonds. The maximum Gasteiger partial charge on any atom is 0.269 e. The van der Waals surface area contributed by atoms with Gasteiger partial charge in [-0.15, -0.1) is 0 Å². The number of nitrogens with zero attached hydrogens (tertiary/aromatic N) is 3. The maximum atomic E-state index is 10.9. The first-order valence-electron chi connectivity index (χ1n) is 6.46. The van der Waals surface area contributed by atoms with Crippen LogP contribution in [0.1, 0.15) is 18.7 Å². The summed E-state index contributed by atoms with van der Waals surface area (Å²) in [5.41, 5.74) is 1.65. The first-order chi connectivity index (χ1) is 10.2. The lowest BCUT2D eigenvalue weighted by Gasteiger charge is -2.24. The normalized spacial score (nSPS) is 17.3. The van der Waals surface area contributed by atoms with E-state index in [0.717, 1.165) is 5.69 Å². The highest BCUT2D eigenvalue weighted by molar-refractivity contribution is 5.97. The highest BCUT2D eigenvalue weighted by Gasteiger charge is 2.31. The summed E-state index contributed by atoms with van der Waals surface area (Å²) in [7, 11) is 0. The molecule has 0 radical (unpaired) electrons. The quantitative estimate of drug-likeness (QED) is 0.639. The number of oxime groups is 1. The molecule has 0 fully saturated rings. The van der Waals surface area contributed by atoms with Crippen molar-refractivity contribution < 1.29 is 9.76 Å². The number of para-hydroxylation sites is 1. The van der Waals surface area contributed by atoms with Crippen molar-refractivity contribution in [3.05, 3.63) is 70.3 Å². The lowest BCUT2D eigenvalue weighted by Crippen LogP contribution is -2.28. The molecule has 1 unspecified atom stereocenters. The molecule has 0 aliphatic carbocycles. The largest absolute Gasteiger partial charge is 0.363 e. The van der Waals surface area contributed by atoms with Crippen molar-refractivity contribution in [1.29, 1.82) is 0 Å². The van der Waals surface area contributed by atoms with Crippen molar-refractivity contribution in [2.75, 3.05) is 4.90 Å². The Balaban J connectivity index is 1.98. The summed E-state index contributed by atoms with van der Waals surface area (Å²) in [4.78, 5) is 17.8. The van der Waals surface area contributed by atoms with Gasteiger partial charge in [0.1, 0.15) is 5.84 Å². The predicted octanol–water partition coefficient (Wildman–Crippen LogP) is 3.46. The van der Waals surface area contributed by atoms with Gasteiger partial charge in [0.2, 0.25) is 6.23 Å². The summed E-state index contributed by atoms with van der Waals surface area (Å²) < 4.78 is 0. The second-order valence-electron chi connectivity index (χ2n) is 4.65. The molecule has 3 rings (SSSR count). The van der Waals surface area contributed by atoms with E-state index in [1.54, 1.807) is 12.1 Å². The van der Waals surface area contributed by atoms with E-state index in [1.165, 1.54) is 12.1 Å². The standard InChI is InChI=1S/C15H13N3O3/c1-11-16-21-15(17(11)13-7-3-2-4-8-13)12-6-5-9-14(10-12)18(19)20/h2-10,15H,1H3. The Kier molecular flexibility index (Phi) is 3.27. The lowest BCUT2D eigenvalue weighted by atomic mass is 10.1. The van der Waals surface area contributed by atoms with E-state index < -0.39 is 11.2 Å². The molecule has 2 aromatic rings. The summed E-state index contributed by atoms with van der Waals surface area (Å²) in [5, 5.41) is 14.9. The molecule has 0 spiro atoms. The number of anilines is 1. The average Bonchev–Trinajstić information content (AvgIpc) is 2.90. The second kappa shape index (κ2) is 5.24. The number of nitro groups is 1. The summed E-state index contributed by atoms with van der Waals surface area (Å²) in [6.07, 6.45) is -0.493. The van der Waals surface area contributed by atoms with Crippen LogP contribution >= 0.6 is 0 Å². The van der Waals surface area contributed by atoms with E-state index in [0.29, 0.717) is 11.4 Å². The van der Waals surface area contributed by atoms with Gasteiger partial charge in [0.05, 0.1) is 4.92 Å². The molecule has 6 heteroatoms. The van der Waals surface area contributed by atoms with Crippen LogP contribution in [0.2, 0.25) is 0 Å². The zero-order valence-electron chi connectivity index (χ0n) is 11.3. The maximum absolute atomic E-state index is 10.9. The van der Waals surface area contributed by atoms with Gasteiger partial charge in [-0.3, -0.25) is 15.0 Å². The van der Waals surface area contributed by atoms with Crippen LogP contribution in [0.3, 0.4) is 0 Å². The van der Waals surface area contributed by atoms with Crippen molar-refractivity contribution >= 4 is 17.2 Å². The van der Waals surface area contributed by atoms with Crippen molar-refractivity contribution in [3.8, 4) is 0 Å². The van der Waals surface area contributed by atoms with Gasteiger partial charge in [-0.25, -0.2) is 0 Å². The smallest absolute Gasteiger partial charge is 0.269 e. The highest BCUT2D eigenvalue weighted by Crippen LogP contribution is 2.34. The Morgan fingerprint density at radius 1 is 1.19 bits per heavy atom. The second-order valence-corrected chi connectivity index (χ2v) is 4.65. The molecule has 6 nitrogen and oxygen atoms in total. The van der Waals surface area contributed by atoms with Crippen molar-refractivity contribution in [1.82, 2.24) is 0 Å². The minimum Gasteiger partial charge on any atom is -0.363 e. The van der Waals surface area contributed by atoms with Gasteiger partial charge in [0.25, 0.3) is 5.69 Å². The molecule has 0 bridgehead atoms. The van der Waals surface area contributed by atoms with Crippen LogP contribution in [-0.2, 0) is 4.84 Å². The van der Waals surface area contributed by atoms with Crippen molar-refractivity contribution in [2.45, 2.75) is 13.2 Å². The topological polar surface area (TPSA) is 68.0 Å². The van der Waals surface area contributed by atoms with Crippen LogP contribution in [0.4, 0.5) is 11.4 Å². The van der Waals surface area contributed by atoms with Crippen molar-refractivity contribution in [2.24, 2.45) is 5.16 Å². The Hall–Kier alpha value is -2.89. The third-order valence-corrected chi connectivity index (χ3v) is 3.27. The number of benzene rings is 2. The molecule has 0 saturated heterocycles. The molecule has 0 saturated carbocycles. The van der Waals surface area contributed by atoms with Gasteiger partial charge in [-0.05, 0) is 19.1 Å². The van der Waals surface area contributed by atoms with Crippen LogP contribution in [0.15, 0.2) is 59.8 Å². The fraction of sp³-hybridized carbons (Fsp3) is 0.133.